The summed E-state index contributed by atoms with van der Waals surface area (Å²) in [6, 6.07) is 1.31. The number of benzene rings is 1. The number of carboxylic acid groups (broad SMARTS) is 1. The van der Waals surface area contributed by atoms with Crippen molar-refractivity contribution in [3.8, 4) is 11.8 Å². The largest absolute Gasteiger partial charge is 0.478 e. The van der Waals surface area contributed by atoms with Crippen LogP contribution in [0.3, 0.4) is 0 Å². The zero-order valence-corrected chi connectivity index (χ0v) is 8.13. The summed E-state index contributed by atoms with van der Waals surface area (Å²) in [4.78, 5) is 10.6. The zero-order valence-electron chi connectivity index (χ0n) is 8.13. The molecule has 0 fully saturated rings. The Kier molecular flexibility index (Phi) is 3.97. The van der Waals surface area contributed by atoms with Gasteiger partial charge in [0.25, 0.3) is 0 Å². The highest BCUT2D eigenvalue weighted by Gasteiger charge is 2.13. The Labute approximate surface area is 90.3 Å². The number of hydrogen-bond acceptors (Lipinski definition) is 2. The van der Waals surface area contributed by atoms with Crippen molar-refractivity contribution in [2.75, 3.05) is 6.61 Å². The van der Waals surface area contributed by atoms with Crippen LogP contribution >= 0.6 is 0 Å². The van der Waals surface area contributed by atoms with Crippen LogP contribution in [-0.4, -0.2) is 22.8 Å². The van der Waals surface area contributed by atoms with Gasteiger partial charge in [0.05, 0.1) is 17.7 Å². The number of aromatic carboxylic acids is 1. The van der Waals surface area contributed by atoms with Gasteiger partial charge in [0.1, 0.15) is 11.6 Å². The van der Waals surface area contributed by atoms with Gasteiger partial charge in [0.15, 0.2) is 0 Å². The quantitative estimate of drug-likeness (QED) is 0.749. The summed E-state index contributed by atoms with van der Waals surface area (Å²) in [5.41, 5.74) is -0.832. The first kappa shape index (κ1) is 12.1. The van der Waals surface area contributed by atoms with Gasteiger partial charge in [-0.1, -0.05) is 11.8 Å². The van der Waals surface area contributed by atoms with Gasteiger partial charge < -0.3 is 10.2 Å². The van der Waals surface area contributed by atoms with Crippen LogP contribution in [0, 0.1) is 23.5 Å². The predicted molar refractivity (Wildman–Crippen MR) is 51.9 cm³/mol. The molecule has 2 N–H and O–H groups in total. The number of halogens is 2. The minimum atomic E-state index is -1.48. The summed E-state index contributed by atoms with van der Waals surface area (Å²) in [7, 11) is 0. The smallest absolute Gasteiger partial charge is 0.338 e. The van der Waals surface area contributed by atoms with Gasteiger partial charge in [-0.3, -0.25) is 0 Å². The van der Waals surface area contributed by atoms with E-state index in [9.17, 15) is 13.6 Å². The molecule has 0 saturated carbocycles. The summed E-state index contributed by atoms with van der Waals surface area (Å²) in [5, 5.41) is 17.1. The van der Waals surface area contributed by atoms with Gasteiger partial charge in [-0.2, -0.15) is 0 Å². The second kappa shape index (κ2) is 5.24. The summed E-state index contributed by atoms with van der Waals surface area (Å²) in [6.07, 6.45) is 0.138. The Morgan fingerprint density at radius 1 is 1.31 bits per heavy atom. The van der Waals surface area contributed by atoms with Gasteiger partial charge in [-0.15, -0.1) is 0 Å². The van der Waals surface area contributed by atoms with Crippen LogP contribution in [0.15, 0.2) is 12.1 Å². The maximum absolute atomic E-state index is 13.1. The first-order valence-electron chi connectivity index (χ1n) is 4.38. The minimum absolute atomic E-state index is 0.138. The van der Waals surface area contributed by atoms with E-state index < -0.39 is 23.2 Å². The molecule has 3 nitrogen and oxygen atoms in total. The zero-order chi connectivity index (χ0) is 12.1. The molecule has 0 heterocycles. The number of carbonyl (C=O) groups is 1. The van der Waals surface area contributed by atoms with Gasteiger partial charge in [-0.05, 0) is 6.07 Å². The van der Waals surface area contributed by atoms with Crippen molar-refractivity contribution < 1.29 is 23.8 Å². The molecular formula is C11H8F2O3. The predicted octanol–water partition coefficient (Wildman–Crippen LogP) is 1.40. The average molecular weight is 226 g/mol. The Hall–Kier alpha value is -1.93. The Bertz CT molecular complexity index is 472. The fraction of sp³-hybridized carbons (Fsp3) is 0.182. The van der Waals surface area contributed by atoms with E-state index in [1.54, 1.807) is 0 Å². The molecule has 0 bridgehead atoms. The van der Waals surface area contributed by atoms with Crippen molar-refractivity contribution in [3.05, 3.63) is 34.9 Å². The maximum Gasteiger partial charge on any atom is 0.338 e. The Morgan fingerprint density at radius 2 is 2.00 bits per heavy atom. The number of aliphatic hydroxyl groups excluding tert-OH is 1. The monoisotopic (exact) mass is 226 g/mol. The first-order valence-corrected chi connectivity index (χ1v) is 4.38. The molecule has 0 aliphatic heterocycles. The van der Waals surface area contributed by atoms with Crippen LogP contribution in [0.25, 0.3) is 0 Å². The van der Waals surface area contributed by atoms with Crippen LogP contribution in [-0.2, 0) is 0 Å². The van der Waals surface area contributed by atoms with E-state index in [4.69, 9.17) is 10.2 Å². The molecule has 5 heteroatoms. The highest BCUT2D eigenvalue weighted by atomic mass is 19.1. The molecular weight excluding hydrogens is 218 g/mol. The van der Waals surface area contributed by atoms with Crippen molar-refractivity contribution in [3.63, 3.8) is 0 Å². The fourth-order valence-corrected chi connectivity index (χ4v) is 1.02. The lowest BCUT2D eigenvalue weighted by molar-refractivity contribution is 0.0691. The van der Waals surface area contributed by atoms with Crippen molar-refractivity contribution in [2.24, 2.45) is 0 Å². The summed E-state index contributed by atoms with van der Waals surface area (Å²) in [6.45, 7) is -0.179. The number of aliphatic hydroxyl groups is 1. The van der Waals surface area contributed by atoms with Gasteiger partial charge in [0.2, 0.25) is 0 Å². The van der Waals surface area contributed by atoms with E-state index >= 15 is 0 Å². The number of hydrogen-bond donors (Lipinski definition) is 2. The van der Waals surface area contributed by atoms with Crippen molar-refractivity contribution in [2.45, 2.75) is 6.42 Å². The van der Waals surface area contributed by atoms with E-state index in [0.717, 1.165) is 6.07 Å². The lowest BCUT2D eigenvalue weighted by Gasteiger charge is -1.99. The van der Waals surface area contributed by atoms with Crippen molar-refractivity contribution >= 4 is 5.97 Å². The molecule has 1 aromatic rings. The third-order valence-electron chi connectivity index (χ3n) is 1.75. The lowest BCUT2D eigenvalue weighted by atomic mass is 10.1. The van der Waals surface area contributed by atoms with E-state index in [1.807, 2.05) is 0 Å². The van der Waals surface area contributed by atoms with E-state index in [2.05, 4.69) is 11.8 Å². The normalized spacial score (nSPS) is 9.44. The van der Waals surface area contributed by atoms with Crippen LogP contribution in [0.2, 0.25) is 0 Å². The number of rotatable bonds is 2. The average Bonchev–Trinajstić information content (AvgIpc) is 2.21. The molecule has 1 aromatic carbocycles. The molecule has 0 radical (unpaired) electrons. The molecule has 0 saturated heterocycles. The molecule has 1 rings (SSSR count). The first-order chi connectivity index (χ1) is 7.56. The molecule has 0 unspecified atom stereocenters. The second-order valence-electron chi connectivity index (χ2n) is 2.89. The SMILES string of the molecule is O=C(O)c1cc(C#CCCO)c(F)cc1F. The van der Waals surface area contributed by atoms with Crippen molar-refractivity contribution in [1.29, 1.82) is 0 Å². The highest BCUT2D eigenvalue weighted by Crippen LogP contribution is 2.14. The van der Waals surface area contributed by atoms with Gasteiger partial charge in [0, 0.05) is 12.5 Å². The number of carboxylic acids is 1. The van der Waals surface area contributed by atoms with Gasteiger partial charge >= 0.3 is 5.97 Å². The standard InChI is InChI=1S/C11H8F2O3/c12-9-6-10(13)8(11(15)16)5-7(9)3-1-2-4-14/h5-6,14H,2,4H2,(H,15,16). The molecule has 0 amide bonds. The molecule has 0 aliphatic rings. The van der Waals surface area contributed by atoms with Crippen molar-refractivity contribution in [1.82, 2.24) is 0 Å². The minimum Gasteiger partial charge on any atom is -0.478 e. The Morgan fingerprint density at radius 3 is 2.56 bits per heavy atom. The van der Waals surface area contributed by atoms with E-state index in [-0.39, 0.29) is 18.6 Å². The highest BCUT2D eigenvalue weighted by molar-refractivity contribution is 5.88. The Balaban J connectivity index is 3.16. The molecule has 0 atom stereocenters. The lowest BCUT2D eigenvalue weighted by Crippen LogP contribution is -2.02. The van der Waals surface area contributed by atoms with Crippen LogP contribution in [0.5, 0.6) is 0 Å². The molecule has 84 valence electrons. The van der Waals surface area contributed by atoms with E-state index in [0.29, 0.717) is 6.07 Å². The summed E-state index contributed by atoms with van der Waals surface area (Å²) in [5.74, 6) is 1.20. The topological polar surface area (TPSA) is 57.5 Å². The molecule has 16 heavy (non-hydrogen) atoms. The summed E-state index contributed by atoms with van der Waals surface area (Å²) >= 11 is 0. The van der Waals surface area contributed by atoms with Crippen LogP contribution < -0.4 is 0 Å². The third kappa shape index (κ3) is 2.78. The van der Waals surface area contributed by atoms with Gasteiger partial charge in [-0.25, -0.2) is 13.6 Å². The van der Waals surface area contributed by atoms with Crippen LogP contribution in [0.1, 0.15) is 22.3 Å². The molecule has 0 aromatic heterocycles. The molecule has 0 aliphatic carbocycles. The summed E-state index contributed by atoms with van der Waals surface area (Å²) < 4.78 is 26.1. The fourth-order valence-electron chi connectivity index (χ4n) is 1.02. The maximum atomic E-state index is 13.1. The van der Waals surface area contributed by atoms with E-state index in [1.165, 1.54) is 0 Å². The second-order valence-corrected chi connectivity index (χ2v) is 2.89. The molecule has 0 spiro atoms. The van der Waals surface area contributed by atoms with Crippen LogP contribution in [0.4, 0.5) is 8.78 Å². The third-order valence-corrected chi connectivity index (χ3v) is 1.75.